The zero-order valence-electron chi connectivity index (χ0n) is 16.7. The lowest BCUT2D eigenvalue weighted by atomic mass is 10.1. The first kappa shape index (κ1) is 23.3. The number of nitrogens with zero attached hydrogens (tertiary/aromatic N) is 1. The molecule has 32 heavy (non-hydrogen) atoms. The Morgan fingerprint density at radius 2 is 1.78 bits per heavy atom. The van der Waals surface area contributed by atoms with Crippen LogP contribution >= 0.6 is 0 Å². The van der Waals surface area contributed by atoms with Crippen LogP contribution in [0.5, 0.6) is 11.6 Å². The Kier molecular flexibility index (Phi) is 6.87. The Morgan fingerprint density at radius 3 is 2.47 bits per heavy atom. The SMILES string of the molecule is COc1ncc(-c2cccc(OCc3cccc(C(F)(F)F)c3)c2)cc1NS(=O)(=O)CF. The first-order valence-electron chi connectivity index (χ1n) is 9.11. The van der Waals surface area contributed by atoms with Gasteiger partial charge in [0.15, 0.2) is 0 Å². The minimum Gasteiger partial charge on any atom is -0.489 e. The van der Waals surface area contributed by atoms with Crippen LogP contribution in [0, 0.1) is 0 Å². The lowest BCUT2D eigenvalue weighted by Gasteiger charge is -2.13. The number of sulfonamides is 1. The van der Waals surface area contributed by atoms with Crippen molar-refractivity contribution in [1.29, 1.82) is 0 Å². The Balaban J connectivity index is 1.82. The van der Waals surface area contributed by atoms with Crippen LogP contribution in [0.1, 0.15) is 11.1 Å². The van der Waals surface area contributed by atoms with Crippen LogP contribution in [0.15, 0.2) is 60.8 Å². The maximum Gasteiger partial charge on any atom is 0.416 e. The molecule has 3 rings (SSSR count). The van der Waals surface area contributed by atoms with E-state index in [2.05, 4.69) is 9.71 Å². The number of methoxy groups -OCH3 is 1. The molecule has 0 saturated heterocycles. The summed E-state index contributed by atoms with van der Waals surface area (Å²) in [5, 5.41) is 0. The van der Waals surface area contributed by atoms with E-state index >= 15 is 0 Å². The van der Waals surface area contributed by atoms with Gasteiger partial charge in [-0.05, 0) is 41.5 Å². The van der Waals surface area contributed by atoms with Crippen molar-refractivity contribution in [3.63, 3.8) is 0 Å². The van der Waals surface area contributed by atoms with Gasteiger partial charge in [-0.15, -0.1) is 0 Å². The molecule has 11 heteroatoms. The van der Waals surface area contributed by atoms with Gasteiger partial charge in [0.05, 0.1) is 12.7 Å². The van der Waals surface area contributed by atoms with Gasteiger partial charge in [0.1, 0.15) is 18.0 Å². The Labute approximate surface area is 181 Å². The number of rotatable bonds is 8. The van der Waals surface area contributed by atoms with Crippen molar-refractivity contribution in [3.8, 4) is 22.8 Å². The summed E-state index contributed by atoms with van der Waals surface area (Å²) in [6.45, 7) is -0.0875. The van der Waals surface area contributed by atoms with E-state index in [0.29, 0.717) is 22.4 Å². The van der Waals surface area contributed by atoms with E-state index in [1.807, 2.05) is 0 Å². The molecule has 170 valence electrons. The molecule has 0 saturated carbocycles. The van der Waals surface area contributed by atoms with Gasteiger partial charge in [-0.2, -0.15) is 13.2 Å². The van der Waals surface area contributed by atoms with Gasteiger partial charge in [0.25, 0.3) is 10.0 Å². The van der Waals surface area contributed by atoms with Gasteiger partial charge >= 0.3 is 6.18 Å². The molecule has 3 aromatic rings. The van der Waals surface area contributed by atoms with Gasteiger partial charge in [-0.3, -0.25) is 4.72 Å². The third kappa shape index (κ3) is 5.88. The zero-order valence-corrected chi connectivity index (χ0v) is 17.5. The number of ether oxygens (including phenoxy) is 2. The van der Waals surface area contributed by atoms with E-state index in [-0.39, 0.29) is 18.2 Å². The molecule has 1 N–H and O–H groups in total. The number of pyridine rings is 1. The maximum atomic E-state index is 12.9. The Bertz CT molecular complexity index is 1200. The van der Waals surface area contributed by atoms with E-state index in [4.69, 9.17) is 9.47 Å². The average Bonchev–Trinajstić information content (AvgIpc) is 2.77. The third-order valence-corrected chi connectivity index (χ3v) is 5.10. The van der Waals surface area contributed by atoms with Crippen molar-refractivity contribution in [3.05, 3.63) is 71.9 Å². The quantitative estimate of drug-likeness (QED) is 0.468. The minimum atomic E-state index is -4.45. The monoisotopic (exact) mass is 470 g/mol. The van der Waals surface area contributed by atoms with Crippen molar-refractivity contribution in [2.75, 3.05) is 17.8 Å². The second-order valence-electron chi connectivity index (χ2n) is 6.62. The van der Waals surface area contributed by atoms with E-state index in [0.717, 1.165) is 12.1 Å². The summed E-state index contributed by atoms with van der Waals surface area (Å²) >= 11 is 0. The number of hydrogen-bond donors (Lipinski definition) is 1. The minimum absolute atomic E-state index is 0.0391. The molecular weight excluding hydrogens is 452 g/mol. The lowest BCUT2D eigenvalue weighted by Crippen LogP contribution is -2.15. The summed E-state index contributed by atoms with van der Waals surface area (Å²) in [7, 11) is -2.92. The molecule has 2 aromatic carbocycles. The number of benzene rings is 2. The highest BCUT2D eigenvalue weighted by atomic mass is 32.2. The highest BCUT2D eigenvalue weighted by Crippen LogP contribution is 2.32. The van der Waals surface area contributed by atoms with E-state index in [1.165, 1.54) is 31.5 Å². The van der Waals surface area contributed by atoms with Crippen molar-refractivity contribution < 1.29 is 35.5 Å². The molecule has 0 spiro atoms. The Hall–Kier alpha value is -3.34. The molecule has 0 fully saturated rings. The number of nitrogens with one attached hydrogen (secondary N) is 1. The number of aromatic nitrogens is 1. The molecule has 0 aliphatic heterocycles. The van der Waals surface area contributed by atoms with Crippen molar-refractivity contribution in [2.24, 2.45) is 0 Å². The highest BCUT2D eigenvalue weighted by Gasteiger charge is 2.30. The van der Waals surface area contributed by atoms with Crippen LogP contribution in [0.4, 0.5) is 23.2 Å². The van der Waals surface area contributed by atoms with Gasteiger partial charge in [0.2, 0.25) is 11.9 Å². The van der Waals surface area contributed by atoms with Crippen LogP contribution < -0.4 is 14.2 Å². The summed E-state index contributed by atoms with van der Waals surface area (Å²) in [6.07, 6.45) is -3.02. The predicted octanol–water partition coefficient (Wildman–Crippen LogP) is 5.02. The van der Waals surface area contributed by atoms with Crippen molar-refractivity contribution in [1.82, 2.24) is 4.98 Å². The van der Waals surface area contributed by atoms with Crippen molar-refractivity contribution >= 4 is 15.7 Å². The smallest absolute Gasteiger partial charge is 0.416 e. The summed E-state index contributed by atoms with van der Waals surface area (Å²) in [5.41, 5.74) is 0.603. The predicted molar refractivity (Wildman–Crippen MR) is 111 cm³/mol. The number of alkyl halides is 4. The molecule has 0 aliphatic rings. The zero-order chi connectivity index (χ0) is 23.4. The first-order valence-corrected chi connectivity index (χ1v) is 10.8. The summed E-state index contributed by atoms with van der Waals surface area (Å²) < 4.78 is 87.1. The lowest BCUT2D eigenvalue weighted by molar-refractivity contribution is -0.137. The number of halogens is 4. The van der Waals surface area contributed by atoms with Crippen LogP contribution in [-0.4, -0.2) is 26.5 Å². The number of hydrogen-bond acceptors (Lipinski definition) is 5. The van der Waals surface area contributed by atoms with Crippen molar-refractivity contribution in [2.45, 2.75) is 12.8 Å². The van der Waals surface area contributed by atoms with E-state index < -0.39 is 27.8 Å². The molecule has 0 amide bonds. The van der Waals surface area contributed by atoms with Gasteiger partial charge in [-0.25, -0.2) is 17.8 Å². The van der Waals surface area contributed by atoms with Crippen LogP contribution in [-0.2, 0) is 22.8 Å². The fraction of sp³-hybridized carbons (Fsp3) is 0.190. The highest BCUT2D eigenvalue weighted by molar-refractivity contribution is 7.92. The van der Waals surface area contributed by atoms with Crippen LogP contribution in [0.3, 0.4) is 0 Å². The van der Waals surface area contributed by atoms with Crippen LogP contribution in [0.25, 0.3) is 11.1 Å². The largest absolute Gasteiger partial charge is 0.489 e. The standard InChI is InChI=1S/C21H18F4N2O4S/c1-30-20-19(27-32(28,29)13-22)10-16(11-26-20)15-5-3-7-18(9-15)31-12-14-4-2-6-17(8-14)21(23,24)25/h2-11,27H,12-13H2,1H3. The fourth-order valence-electron chi connectivity index (χ4n) is 2.81. The summed E-state index contributed by atoms with van der Waals surface area (Å²) in [5.74, 6) is 0.337. The number of anilines is 1. The molecule has 1 aromatic heterocycles. The fourth-order valence-corrected chi connectivity index (χ4v) is 3.35. The Morgan fingerprint density at radius 1 is 1.03 bits per heavy atom. The molecule has 0 bridgehead atoms. The van der Waals surface area contributed by atoms with Gasteiger partial charge in [-0.1, -0.05) is 24.3 Å². The summed E-state index contributed by atoms with van der Waals surface area (Å²) in [4.78, 5) is 4.03. The van der Waals surface area contributed by atoms with Crippen LogP contribution in [0.2, 0.25) is 0 Å². The first-order chi connectivity index (χ1) is 15.1. The molecule has 0 atom stereocenters. The molecule has 0 aliphatic carbocycles. The molecule has 6 nitrogen and oxygen atoms in total. The van der Waals surface area contributed by atoms with E-state index in [9.17, 15) is 26.0 Å². The molecule has 0 radical (unpaired) electrons. The van der Waals surface area contributed by atoms with Gasteiger partial charge in [0, 0.05) is 11.8 Å². The second-order valence-corrected chi connectivity index (χ2v) is 8.27. The third-order valence-electron chi connectivity index (χ3n) is 4.28. The second kappa shape index (κ2) is 9.43. The van der Waals surface area contributed by atoms with Gasteiger partial charge < -0.3 is 9.47 Å². The maximum absolute atomic E-state index is 12.9. The normalized spacial score (nSPS) is 11.8. The molecule has 0 unspecified atom stereocenters. The molecular formula is C21H18F4N2O4S. The average molecular weight is 470 g/mol. The molecule has 1 heterocycles. The topological polar surface area (TPSA) is 77.5 Å². The summed E-state index contributed by atoms with van der Waals surface area (Å²) in [6, 6.07) is 11.2. The van der Waals surface area contributed by atoms with E-state index in [1.54, 1.807) is 24.3 Å².